The van der Waals surface area contributed by atoms with Gasteiger partial charge in [0.1, 0.15) is 15.6 Å². The van der Waals surface area contributed by atoms with Gasteiger partial charge in [0.05, 0.1) is 0 Å². The number of benzene rings is 1. The highest BCUT2D eigenvalue weighted by Crippen LogP contribution is 2.23. The molecule has 0 radical (unpaired) electrons. The van der Waals surface area contributed by atoms with Gasteiger partial charge in [-0.1, -0.05) is 12.1 Å². The van der Waals surface area contributed by atoms with Crippen molar-refractivity contribution in [2.45, 2.75) is 23.7 Å². The van der Waals surface area contributed by atoms with Gasteiger partial charge in [-0.3, -0.25) is 0 Å². The normalized spacial score (nSPS) is 14.9. The molecule has 1 unspecified atom stereocenters. The van der Waals surface area contributed by atoms with Crippen LogP contribution in [0.15, 0.2) is 40.6 Å². The molecule has 0 saturated heterocycles. The summed E-state index contributed by atoms with van der Waals surface area (Å²) in [6.45, 7) is 3.10. The second-order valence-electron chi connectivity index (χ2n) is 4.97. The Morgan fingerprint density at radius 3 is 2.38 bits per heavy atom. The molecule has 4 nitrogen and oxygen atoms in total. The average molecular weight is 329 g/mol. The highest BCUT2D eigenvalue weighted by molar-refractivity contribution is 7.91. The van der Waals surface area contributed by atoms with Gasteiger partial charge < -0.3 is 5.11 Å². The minimum absolute atomic E-state index is 0.197. The molecule has 21 heavy (non-hydrogen) atoms. The third-order valence-electron chi connectivity index (χ3n) is 3.05. The lowest BCUT2D eigenvalue weighted by Crippen LogP contribution is -2.38. The molecule has 0 spiro atoms. The average Bonchev–Trinajstić information content (AvgIpc) is 2.85. The van der Waals surface area contributed by atoms with Crippen molar-refractivity contribution in [2.75, 3.05) is 6.54 Å². The summed E-state index contributed by atoms with van der Waals surface area (Å²) in [6, 6.07) is 8.55. The van der Waals surface area contributed by atoms with Crippen LogP contribution in [0, 0.1) is 12.7 Å². The Morgan fingerprint density at radius 1 is 1.24 bits per heavy atom. The number of aliphatic hydroxyl groups is 1. The largest absolute Gasteiger partial charge is 0.384 e. The Kier molecular flexibility index (Phi) is 4.48. The lowest BCUT2D eigenvalue weighted by molar-refractivity contribution is 0.0627. The maximum atomic E-state index is 12.9. The van der Waals surface area contributed by atoms with Gasteiger partial charge in [0.2, 0.25) is 10.0 Å². The zero-order chi connectivity index (χ0) is 15.7. The monoisotopic (exact) mass is 329 g/mol. The van der Waals surface area contributed by atoms with Crippen LogP contribution in [0.2, 0.25) is 0 Å². The van der Waals surface area contributed by atoms with E-state index in [1.807, 2.05) is 6.92 Å². The number of aryl methyl sites for hydroxylation is 1. The van der Waals surface area contributed by atoms with E-state index in [4.69, 9.17) is 0 Å². The second-order valence-corrected chi connectivity index (χ2v) is 8.25. The molecule has 0 aliphatic rings. The van der Waals surface area contributed by atoms with Crippen molar-refractivity contribution >= 4 is 21.4 Å². The van der Waals surface area contributed by atoms with E-state index < -0.39 is 21.4 Å². The molecule has 0 aliphatic heterocycles. The number of hydrogen-bond donors (Lipinski definition) is 2. The van der Waals surface area contributed by atoms with Gasteiger partial charge in [-0.15, -0.1) is 11.3 Å². The molecule has 1 atom stereocenters. The number of thiophene rings is 1. The number of sulfonamides is 1. The maximum absolute atomic E-state index is 12.9. The summed E-state index contributed by atoms with van der Waals surface area (Å²) in [6.07, 6.45) is 0. The van der Waals surface area contributed by atoms with E-state index in [0.29, 0.717) is 5.56 Å². The Labute approximate surface area is 127 Å². The van der Waals surface area contributed by atoms with Gasteiger partial charge in [-0.05, 0) is 43.7 Å². The van der Waals surface area contributed by atoms with Crippen molar-refractivity contribution in [1.82, 2.24) is 4.72 Å². The summed E-state index contributed by atoms with van der Waals surface area (Å²) in [7, 11) is -3.65. The van der Waals surface area contributed by atoms with Crippen molar-refractivity contribution in [3.05, 3.63) is 52.7 Å². The van der Waals surface area contributed by atoms with Gasteiger partial charge in [-0.25, -0.2) is 17.5 Å². The Hall–Kier alpha value is -1.28. The van der Waals surface area contributed by atoms with Crippen molar-refractivity contribution in [3.8, 4) is 0 Å². The van der Waals surface area contributed by atoms with Crippen LogP contribution in [0.3, 0.4) is 0 Å². The van der Waals surface area contributed by atoms with Crippen LogP contribution >= 0.6 is 11.3 Å². The topological polar surface area (TPSA) is 66.4 Å². The third-order valence-corrected chi connectivity index (χ3v) is 5.95. The zero-order valence-corrected chi connectivity index (χ0v) is 13.3. The fourth-order valence-corrected chi connectivity index (χ4v) is 4.23. The minimum atomic E-state index is -3.65. The van der Waals surface area contributed by atoms with E-state index >= 15 is 0 Å². The first-order chi connectivity index (χ1) is 9.71. The summed E-state index contributed by atoms with van der Waals surface area (Å²) < 4.78 is 39.7. The SMILES string of the molecule is Cc1ccc(S(=O)(=O)NCC(C)(O)c2ccc(F)cc2)s1. The number of halogens is 1. The van der Waals surface area contributed by atoms with Crippen molar-refractivity contribution in [1.29, 1.82) is 0 Å². The number of hydrogen-bond acceptors (Lipinski definition) is 4. The van der Waals surface area contributed by atoms with Gasteiger partial charge in [0.15, 0.2) is 0 Å². The van der Waals surface area contributed by atoms with Gasteiger partial charge in [0, 0.05) is 11.4 Å². The molecule has 2 rings (SSSR count). The maximum Gasteiger partial charge on any atom is 0.250 e. The molecular weight excluding hydrogens is 313 g/mol. The molecule has 1 heterocycles. The Balaban J connectivity index is 2.12. The molecule has 1 aromatic heterocycles. The Bertz CT molecular complexity index is 721. The molecule has 1 aromatic carbocycles. The summed E-state index contributed by atoms with van der Waals surface area (Å²) >= 11 is 1.16. The summed E-state index contributed by atoms with van der Waals surface area (Å²) in [5.74, 6) is -0.413. The zero-order valence-electron chi connectivity index (χ0n) is 11.6. The first-order valence-corrected chi connectivity index (χ1v) is 8.55. The van der Waals surface area contributed by atoms with E-state index in [1.165, 1.54) is 37.3 Å². The van der Waals surface area contributed by atoms with Crippen LogP contribution in [0.4, 0.5) is 4.39 Å². The van der Waals surface area contributed by atoms with Crippen LogP contribution in [-0.4, -0.2) is 20.1 Å². The number of rotatable bonds is 5. The van der Waals surface area contributed by atoms with E-state index in [2.05, 4.69) is 4.72 Å². The molecule has 0 saturated carbocycles. The first kappa shape index (κ1) is 16.1. The quantitative estimate of drug-likeness (QED) is 0.885. The molecule has 2 N–H and O–H groups in total. The first-order valence-electron chi connectivity index (χ1n) is 6.25. The van der Waals surface area contributed by atoms with Crippen molar-refractivity contribution in [3.63, 3.8) is 0 Å². The predicted molar refractivity (Wildman–Crippen MR) is 80.2 cm³/mol. The van der Waals surface area contributed by atoms with Crippen LogP contribution in [0.1, 0.15) is 17.4 Å². The van der Waals surface area contributed by atoms with E-state index in [0.717, 1.165) is 16.2 Å². The smallest absolute Gasteiger partial charge is 0.250 e. The van der Waals surface area contributed by atoms with Crippen LogP contribution in [-0.2, 0) is 15.6 Å². The molecule has 0 amide bonds. The van der Waals surface area contributed by atoms with Crippen LogP contribution in [0.25, 0.3) is 0 Å². The molecule has 0 aliphatic carbocycles. The van der Waals surface area contributed by atoms with Crippen molar-refractivity contribution in [2.24, 2.45) is 0 Å². The van der Waals surface area contributed by atoms with E-state index in [-0.39, 0.29) is 10.8 Å². The predicted octanol–water partition coefficient (Wildman–Crippen LogP) is 2.38. The second kappa shape index (κ2) is 5.84. The molecule has 114 valence electrons. The highest BCUT2D eigenvalue weighted by atomic mass is 32.2. The Morgan fingerprint density at radius 2 is 1.86 bits per heavy atom. The molecule has 0 fully saturated rings. The van der Waals surface area contributed by atoms with Crippen LogP contribution in [0.5, 0.6) is 0 Å². The van der Waals surface area contributed by atoms with Gasteiger partial charge >= 0.3 is 0 Å². The minimum Gasteiger partial charge on any atom is -0.384 e. The highest BCUT2D eigenvalue weighted by Gasteiger charge is 2.26. The van der Waals surface area contributed by atoms with Gasteiger partial charge in [0.25, 0.3) is 0 Å². The van der Waals surface area contributed by atoms with E-state index in [9.17, 15) is 17.9 Å². The third kappa shape index (κ3) is 3.88. The van der Waals surface area contributed by atoms with Crippen LogP contribution < -0.4 is 4.72 Å². The molecule has 7 heteroatoms. The standard InChI is InChI=1S/C14H16FNO3S2/c1-10-3-8-13(20-10)21(18,19)16-9-14(2,17)11-4-6-12(15)7-5-11/h3-8,16-17H,9H2,1-2H3. The fraction of sp³-hybridized carbons (Fsp3) is 0.286. The molecule has 0 bridgehead atoms. The van der Waals surface area contributed by atoms with E-state index in [1.54, 1.807) is 6.07 Å². The summed E-state index contributed by atoms with van der Waals surface area (Å²) in [4.78, 5) is 0.890. The molecule has 2 aromatic rings. The number of nitrogens with one attached hydrogen (secondary N) is 1. The lowest BCUT2D eigenvalue weighted by atomic mass is 9.96. The summed E-state index contributed by atoms with van der Waals surface area (Å²) in [5, 5.41) is 10.3. The fourth-order valence-electron chi connectivity index (χ4n) is 1.77. The summed E-state index contributed by atoms with van der Waals surface area (Å²) in [5.41, 5.74) is -0.985. The van der Waals surface area contributed by atoms with Crippen molar-refractivity contribution < 1.29 is 17.9 Å². The van der Waals surface area contributed by atoms with Gasteiger partial charge in [-0.2, -0.15) is 0 Å². The lowest BCUT2D eigenvalue weighted by Gasteiger charge is -2.24. The molecular formula is C14H16FNO3S2.